The minimum atomic E-state index is 0.684. The third kappa shape index (κ3) is 1.82. The first-order chi connectivity index (χ1) is 8.38. The molecule has 0 spiro atoms. The number of ether oxygens (including phenoxy) is 1. The van der Waals surface area contributed by atoms with Crippen LogP contribution in [-0.4, -0.2) is 25.2 Å². The highest BCUT2D eigenvalue weighted by Crippen LogP contribution is 2.29. The molecule has 0 N–H and O–H groups in total. The van der Waals surface area contributed by atoms with Crippen molar-refractivity contribution in [2.24, 2.45) is 0 Å². The van der Waals surface area contributed by atoms with Gasteiger partial charge in [-0.05, 0) is 25.0 Å². The number of methoxy groups -OCH3 is 1. The lowest BCUT2D eigenvalue weighted by molar-refractivity contribution is 0.399. The van der Waals surface area contributed by atoms with E-state index in [1.165, 1.54) is 23.9 Å². The molecule has 0 aliphatic carbocycles. The zero-order chi connectivity index (χ0) is 11.7. The summed E-state index contributed by atoms with van der Waals surface area (Å²) in [6.07, 6.45) is 2.56. The molecule has 1 aliphatic heterocycles. The molecule has 0 atom stereocenters. The zero-order valence-corrected chi connectivity index (χ0v) is 10.0. The second kappa shape index (κ2) is 4.24. The predicted molar refractivity (Wildman–Crippen MR) is 69.7 cm³/mol. The van der Waals surface area contributed by atoms with Gasteiger partial charge in [0.25, 0.3) is 0 Å². The molecule has 0 saturated carbocycles. The van der Waals surface area contributed by atoms with Gasteiger partial charge in [0.1, 0.15) is 0 Å². The molecule has 0 bridgehead atoms. The van der Waals surface area contributed by atoms with Gasteiger partial charge >= 0.3 is 0 Å². The fraction of sp³-hybridized carbons (Fsp3) is 0.357. The quantitative estimate of drug-likeness (QED) is 0.790. The monoisotopic (exact) mass is 228 g/mol. The third-order valence-electron chi connectivity index (χ3n) is 3.33. The number of para-hydroxylation sites is 1. The van der Waals surface area contributed by atoms with Gasteiger partial charge < -0.3 is 9.64 Å². The van der Waals surface area contributed by atoms with E-state index in [1.54, 1.807) is 7.11 Å². The molecule has 1 fully saturated rings. The molecule has 1 saturated heterocycles. The van der Waals surface area contributed by atoms with E-state index in [0.717, 1.165) is 18.6 Å². The molecule has 3 nitrogen and oxygen atoms in total. The van der Waals surface area contributed by atoms with Gasteiger partial charge in [0.2, 0.25) is 5.88 Å². The van der Waals surface area contributed by atoms with Crippen molar-refractivity contribution in [2.45, 2.75) is 12.8 Å². The van der Waals surface area contributed by atoms with Crippen LogP contribution in [0.25, 0.3) is 10.9 Å². The summed E-state index contributed by atoms with van der Waals surface area (Å²) < 4.78 is 5.21. The zero-order valence-electron chi connectivity index (χ0n) is 10.0. The van der Waals surface area contributed by atoms with E-state index >= 15 is 0 Å². The summed E-state index contributed by atoms with van der Waals surface area (Å²) in [5.74, 6) is 0.684. The van der Waals surface area contributed by atoms with Crippen molar-refractivity contribution >= 4 is 16.6 Å². The van der Waals surface area contributed by atoms with E-state index in [-0.39, 0.29) is 0 Å². The number of rotatable bonds is 2. The lowest BCUT2D eigenvalue weighted by Gasteiger charge is -2.19. The van der Waals surface area contributed by atoms with Gasteiger partial charge in [-0.2, -0.15) is 0 Å². The van der Waals surface area contributed by atoms with Crippen LogP contribution in [0.1, 0.15) is 12.8 Å². The Balaban J connectivity index is 2.15. The number of aromatic nitrogens is 1. The van der Waals surface area contributed by atoms with Gasteiger partial charge in [0, 0.05) is 24.5 Å². The van der Waals surface area contributed by atoms with Crippen LogP contribution < -0.4 is 9.64 Å². The highest BCUT2D eigenvalue weighted by atomic mass is 16.5. The van der Waals surface area contributed by atoms with Crippen molar-refractivity contribution in [3.05, 3.63) is 30.3 Å². The van der Waals surface area contributed by atoms with Crippen LogP contribution in [0.15, 0.2) is 30.3 Å². The highest BCUT2D eigenvalue weighted by Gasteiger charge is 2.15. The number of nitrogens with zero attached hydrogens (tertiary/aromatic N) is 2. The summed E-state index contributed by atoms with van der Waals surface area (Å²) in [7, 11) is 1.66. The maximum atomic E-state index is 5.21. The van der Waals surface area contributed by atoms with Crippen molar-refractivity contribution in [3.63, 3.8) is 0 Å². The normalized spacial score (nSPS) is 15.5. The molecule has 2 heterocycles. The summed E-state index contributed by atoms with van der Waals surface area (Å²) in [4.78, 5) is 6.99. The average Bonchev–Trinajstić information content (AvgIpc) is 2.91. The first-order valence-corrected chi connectivity index (χ1v) is 6.07. The number of anilines is 1. The van der Waals surface area contributed by atoms with Gasteiger partial charge in [0.15, 0.2) is 0 Å². The lowest BCUT2D eigenvalue weighted by Crippen LogP contribution is -2.18. The number of fused-ring (bicyclic) bond motifs is 1. The van der Waals surface area contributed by atoms with Crippen molar-refractivity contribution in [3.8, 4) is 5.88 Å². The molecule has 0 radical (unpaired) electrons. The van der Waals surface area contributed by atoms with Crippen molar-refractivity contribution in [1.29, 1.82) is 0 Å². The molecule has 2 aromatic rings. The first kappa shape index (κ1) is 10.4. The van der Waals surface area contributed by atoms with E-state index in [0.29, 0.717) is 5.88 Å². The van der Waals surface area contributed by atoms with Crippen molar-refractivity contribution < 1.29 is 4.74 Å². The Bertz CT molecular complexity index is 533. The van der Waals surface area contributed by atoms with Crippen LogP contribution >= 0.6 is 0 Å². The molecule has 1 aromatic carbocycles. The summed E-state index contributed by atoms with van der Waals surface area (Å²) >= 11 is 0. The summed E-state index contributed by atoms with van der Waals surface area (Å²) in [6, 6.07) is 10.3. The smallest absolute Gasteiger partial charge is 0.213 e. The maximum Gasteiger partial charge on any atom is 0.213 e. The van der Waals surface area contributed by atoms with Crippen LogP contribution in [0.4, 0.5) is 5.69 Å². The Morgan fingerprint density at radius 3 is 2.71 bits per heavy atom. The molecule has 17 heavy (non-hydrogen) atoms. The molecule has 88 valence electrons. The van der Waals surface area contributed by atoms with Gasteiger partial charge in [-0.15, -0.1) is 0 Å². The fourth-order valence-electron chi connectivity index (χ4n) is 2.44. The number of benzene rings is 1. The predicted octanol–water partition coefficient (Wildman–Crippen LogP) is 2.84. The van der Waals surface area contributed by atoms with Crippen LogP contribution in [0.5, 0.6) is 5.88 Å². The van der Waals surface area contributed by atoms with E-state index in [1.807, 2.05) is 6.07 Å². The first-order valence-electron chi connectivity index (χ1n) is 6.07. The molecule has 0 unspecified atom stereocenters. The Hall–Kier alpha value is -1.77. The SMILES string of the molecule is COc1ccc2cccc(N3CCCC3)c2n1. The van der Waals surface area contributed by atoms with Gasteiger partial charge in [-0.1, -0.05) is 12.1 Å². The molecule has 3 rings (SSSR count). The number of hydrogen-bond donors (Lipinski definition) is 0. The molecule has 3 heteroatoms. The Labute approximate surface area is 101 Å². The van der Waals surface area contributed by atoms with Gasteiger partial charge in [-0.3, -0.25) is 0 Å². The number of pyridine rings is 1. The van der Waals surface area contributed by atoms with Crippen LogP contribution in [0, 0.1) is 0 Å². The Morgan fingerprint density at radius 1 is 1.12 bits per heavy atom. The largest absolute Gasteiger partial charge is 0.481 e. The topological polar surface area (TPSA) is 25.4 Å². The molecule has 1 aromatic heterocycles. The van der Waals surface area contributed by atoms with Crippen LogP contribution in [0.3, 0.4) is 0 Å². The van der Waals surface area contributed by atoms with Gasteiger partial charge in [0.05, 0.1) is 18.3 Å². The summed E-state index contributed by atoms with van der Waals surface area (Å²) in [5.41, 5.74) is 2.28. The second-order valence-electron chi connectivity index (χ2n) is 4.40. The Kier molecular flexibility index (Phi) is 2.59. The van der Waals surface area contributed by atoms with Crippen LogP contribution in [0.2, 0.25) is 0 Å². The average molecular weight is 228 g/mol. The Morgan fingerprint density at radius 2 is 1.94 bits per heavy atom. The van der Waals surface area contributed by atoms with E-state index < -0.39 is 0 Å². The van der Waals surface area contributed by atoms with Crippen molar-refractivity contribution in [1.82, 2.24) is 4.98 Å². The van der Waals surface area contributed by atoms with Crippen molar-refractivity contribution in [2.75, 3.05) is 25.1 Å². The standard InChI is InChI=1S/C14H16N2O/c1-17-13-8-7-11-5-4-6-12(14(11)15-13)16-9-2-3-10-16/h4-8H,2-3,9-10H2,1H3. The molecule has 0 amide bonds. The third-order valence-corrected chi connectivity index (χ3v) is 3.33. The lowest BCUT2D eigenvalue weighted by atomic mass is 10.2. The van der Waals surface area contributed by atoms with E-state index in [2.05, 4.69) is 34.1 Å². The highest BCUT2D eigenvalue weighted by molar-refractivity contribution is 5.91. The minimum absolute atomic E-state index is 0.684. The van der Waals surface area contributed by atoms with Crippen LogP contribution in [-0.2, 0) is 0 Å². The van der Waals surface area contributed by atoms with Gasteiger partial charge in [-0.25, -0.2) is 4.98 Å². The van der Waals surface area contributed by atoms with E-state index in [9.17, 15) is 0 Å². The van der Waals surface area contributed by atoms with E-state index in [4.69, 9.17) is 4.74 Å². The molecular weight excluding hydrogens is 212 g/mol. The second-order valence-corrected chi connectivity index (χ2v) is 4.40. The summed E-state index contributed by atoms with van der Waals surface area (Å²) in [5, 5.41) is 1.18. The molecule has 1 aliphatic rings. The summed E-state index contributed by atoms with van der Waals surface area (Å²) in [6.45, 7) is 2.27. The number of hydrogen-bond acceptors (Lipinski definition) is 3. The fourth-order valence-corrected chi connectivity index (χ4v) is 2.44. The minimum Gasteiger partial charge on any atom is -0.481 e. The maximum absolute atomic E-state index is 5.21. The molecular formula is C14H16N2O.